The van der Waals surface area contributed by atoms with Gasteiger partial charge in [0, 0.05) is 6.54 Å². The molecule has 0 spiro atoms. The van der Waals surface area contributed by atoms with Gasteiger partial charge in [0.05, 0.1) is 10.5 Å². The number of aryl methyl sites for hydroxylation is 2. The molecule has 2 aromatic rings. The summed E-state index contributed by atoms with van der Waals surface area (Å²) in [5.41, 5.74) is 2.38. The van der Waals surface area contributed by atoms with Crippen LogP contribution in [0.15, 0.2) is 47.4 Å². The highest BCUT2D eigenvalue weighted by Crippen LogP contribution is 2.17. The maximum absolute atomic E-state index is 12.3. The molecule has 0 aliphatic heterocycles. The van der Waals surface area contributed by atoms with Crippen LogP contribution in [-0.2, 0) is 16.6 Å². The van der Waals surface area contributed by atoms with Crippen LogP contribution < -0.4 is 4.72 Å². The van der Waals surface area contributed by atoms with Gasteiger partial charge in [-0.2, -0.15) is 0 Å². The standard InChI is InChI=1S/C16H17NO4S/c1-11-6-7-15(12(2)8-11)22(20,21)17-10-13-4-3-5-14(9-13)16(18)19/h3-9,17H,10H2,1-2H3,(H,18,19). The minimum Gasteiger partial charge on any atom is -0.478 e. The van der Waals surface area contributed by atoms with E-state index in [4.69, 9.17) is 5.11 Å². The van der Waals surface area contributed by atoms with Crippen LogP contribution in [0.5, 0.6) is 0 Å². The molecule has 0 heterocycles. The molecule has 0 bridgehead atoms. The summed E-state index contributed by atoms with van der Waals surface area (Å²) in [6.07, 6.45) is 0. The molecule has 0 amide bonds. The van der Waals surface area contributed by atoms with Crippen molar-refractivity contribution in [1.82, 2.24) is 4.72 Å². The summed E-state index contributed by atoms with van der Waals surface area (Å²) in [7, 11) is -3.64. The average Bonchev–Trinajstić information content (AvgIpc) is 2.45. The summed E-state index contributed by atoms with van der Waals surface area (Å²) in [6.45, 7) is 3.68. The summed E-state index contributed by atoms with van der Waals surface area (Å²) in [5.74, 6) is -1.04. The molecule has 0 saturated heterocycles. The Labute approximate surface area is 129 Å². The summed E-state index contributed by atoms with van der Waals surface area (Å²) in [6, 6.07) is 11.3. The van der Waals surface area contributed by atoms with Gasteiger partial charge in [0.25, 0.3) is 0 Å². The fourth-order valence-electron chi connectivity index (χ4n) is 2.17. The van der Waals surface area contributed by atoms with Gasteiger partial charge >= 0.3 is 5.97 Å². The van der Waals surface area contributed by atoms with Crippen LogP contribution >= 0.6 is 0 Å². The number of rotatable bonds is 5. The minimum absolute atomic E-state index is 0.0385. The van der Waals surface area contributed by atoms with Gasteiger partial charge in [-0.15, -0.1) is 0 Å². The fraction of sp³-hybridized carbons (Fsp3) is 0.188. The van der Waals surface area contributed by atoms with Crippen LogP contribution in [0.4, 0.5) is 0 Å². The summed E-state index contributed by atoms with van der Waals surface area (Å²) in [4.78, 5) is 11.1. The highest BCUT2D eigenvalue weighted by molar-refractivity contribution is 7.89. The van der Waals surface area contributed by atoms with Crippen LogP contribution in [-0.4, -0.2) is 19.5 Å². The van der Waals surface area contributed by atoms with Crippen LogP contribution in [0.3, 0.4) is 0 Å². The van der Waals surface area contributed by atoms with Crippen LogP contribution in [0.25, 0.3) is 0 Å². The van der Waals surface area contributed by atoms with E-state index in [9.17, 15) is 13.2 Å². The number of hydrogen-bond donors (Lipinski definition) is 2. The lowest BCUT2D eigenvalue weighted by molar-refractivity contribution is 0.0696. The summed E-state index contributed by atoms with van der Waals surface area (Å²) in [5, 5.41) is 8.94. The molecule has 116 valence electrons. The second kappa shape index (κ2) is 6.29. The Balaban J connectivity index is 2.19. The Bertz CT molecular complexity index is 813. The average molecular weight is 319 g/mol. The molecule has 0 aliphatic rings. The van der Waals surface area contributed by atoms with Crippen molar-refractivity contribution in [3.05, 3.63) is 64.7 Å². The third-order valence-electron chi connectivity index (χ3n) is 3.26. The first-order valence-electron chi connectivity index (χ1n) is 6.69. The predicted molar refractivity (Wildman–Crippen MR) is 83.3 cm³/mol. The first kappa shape index (κ1) is 16.2. The van der Waals surface area contributed by atoms with E-state index >= 15 is 0 Å². The second-order valence-corrected chi connectivity index (χ2v) is 6.83. The van der Waals surface area contributed by atoms with Crippen molar-refractivity contribution in [3.63, 3.8) is 0 Å². The number of nitrogens with one attached hydrogen (secondary N) is 1. The third kappa shape index (κ3) is 3.72. The Morgan fingerprint density at radius 1 is 1.14 bits per heavy atom. The molecule has 0 atom stereocenters. The number of carboxylic acid groups (broad SMARTS) is 1. The van der Waals surface area contributed by atoms with E-state index in [0.717, 1.165) is 5.56 Å². The van der Waals surface area contributed by atoms with Crippen molar-refractivity contribution in [2.24, 2.45) is 0 Å². The zero-order chi connectivity index (χ0) is 16.3. The highest BCUT2D eigenvalue weighted by atomic mass is 32.2. The van der Waals surface area contributed by atoms with Gasteiger partial charge in [-0.3, -0.25) is 0 Å². The molecule has 5 nitrogen and oxygen atoms in total. The van der Waals surface area contributed by atoms with Crippen molar-refractivity contribution in [1.29, 1.82) is 0 Å². The van der Waals surface area contributed by atoms with E-state index in [2.05, 4.69) is 4.72 Å². The fourth-order valence-corrected chi connectivity index (χ4v) is 3.41. The van der Waals surface area contributed by atoms with Gasteiger partial charge in [0.1, 0.15) is 0 Å². The molecule has 0 unspecified atom stereocenters. The highest BCUT2D eigenvalue weighted by Gasteiger charge is 2.16. The molecule has 0 saturated carbocycles. The number of benzene rings is 2. The monoisotopic (exact) mass is 319 g/mol. The van der Waals surface area contributed by atoms with Gasteiger partial charge in [-0.05, 0) is 43.2 Å². The van der Waals surface area contributed by atoms with Crippen molar-refractivity contribution in [2.45, 2.75) is 25.3 Å². The first-order valence-corrected chi connectivity index (χ1v) is 8.17. The minimum atomic E-state index is -3.64. The van der Waals surface area contributed by atoms with E-state index < -0.39 is 16.0 Å². The Kier molecular flexibility index (Phi) is 4.63. The van der Waals surface area contributed by atoms with Gasteiger partial charge in [0.2, 0.25) is 10.0 Å². The molecule has 0 fully saturated rings. The smallest absolute Gasteiger partial charge is 0.335 e. The Morgan fingerprint density at radius 2 is 1.86 bits per heavy atom. The number of carboxylic acids is 1. The van der Waals surface area contributed by atoms with Crippen LogP contribution in [0.1, 0.15) is 27.0 Å². The molecule has 2 N–H and O–H groups in total. The van der Waals surface area contributed by atoms with Crippen LogP contribution in [0, 0.1) is 13.8 Å². The van der Waals surface area contributed by atoms with Crippen molar-refractivity contribution >= 4 is 16.0 Å². The summed E-state index contributed by atoms with van der Waals surface area (Å²) >= 11 is 0. The lowest BCUT2D eigenvalue weighted by Gasteiger charge is -2.10. The molecule has 2 rings (SSSR count). The maximum Gasteiger partial charge on any atom is 0.335 e. The van der Waals surface area contributed by atoms with Gasteiger partial charge in [-0.1, -0.05) is 29.8 Å². The quantitative estimate of drug-likeness (QED) is 0.887. The topological polar surface area (TPSA) is 83.5 Å². The lowest BCUT2D eigenvalue weighted by atomic mass is 10.1. The molecule has 0 aromatic heterocycles. The molecular weight excluding hydrogens is 302 g/mol. The number of carbonyl (C=O) groups is 1. The van der Waals surface area contributed by atoms with E-state index in [-0.39, 0.29) is 17.0 Å². The maximum atomic E-state index is 12.3. The van der Waals surface area contributed by atoms with Crippen molar-refractivity contribution in [3.8, 4) is 0 Å². The van der Waals surface area contributed by atoms with Crippen LogP contribution in [0.2, 0.25) is 0 Å². The number of sulfonamides is 1. The number of aromatic carboxylic acids is 1. The van der Waals surface area contributed by atoms with Gasteiger partial charge < -0.3 is 5.11 Å². The first-order chi connectivity index (χ1) is 10.3. The van der Waals surface area contributed by atoms with Crippen molar-refractivity contribution < 1.29 is 18.3 Å². The molecule has 6 heteroatoms. The number of hydrogen-bond acceptors (Lipinski definition) is 3. The molecule has 0 aliphatic carbocycles. The van der Waals surface area contributed by atoms with Gasteiger partial charge in [0.15, 0.2) is 0 Å². The predicted octanol–water partition coefficient (Wildman–Crippen LogP) is 2.48. The Hall–Kier alpha value is -2.18. The summed E-state index contributed by atoms with van der Waals surface area (Å²) < 4.78 is 27.2. The zero-order valence-corrected chi connectivity index (χ0v) is 13.1. The molecule has 0 radical (unpaired) electrons. The van der Waals surface area contributed by atoms with E-state index in [1.165, 1.54) is 12.1 Å². The van der Waals surface area contributed by atoms with E-state index in [0.29, 0.717) is 11.1 Å². The third-order valence-corrected chi connectivity index (χ3v) is 4.82. The lowest BCUT2D eigenvalue weighted by Crippen LogP contribution is -2.24. The zero-order valence-electron chi connectivity index (χ0n) is 12.3. The normalized spacial score (nSPS) is 11.4. The molecule has 22 heavy (non-hydrogen) atoms. The van der Waals surface area contributed by atoms with E-state index in [1.54, 1.807) is 37.3 Å². The molecular formula is C16H17NO4S. The largest absolute Gasteiger partial charge is 0.478 e. The molecule has 2 aromatic carbocycles. The van der Waals surface area contributed by atoms with Gasteiger partial charge in [-0.25, -0.2) is 17.9 Å². The van der Waals surface area contributed by atoms with E-state index in [1.807, 2.05) is 6.92 Å². The second-order valence-electron chi connectivity index (χ2n) is 5.10. The SMILES string of the molecule is Cc1ccc(S(=O)(=O)NCc2cccc(C(=O)O)c2)c(C)c1. The Morgan fingerprint density at radius 3 is 2.50 bits per heavy atom. The van der Waals surface area contributed by atoms with Crippen molar-refractivity contribution in [2.75, 3.05) is 0 Å².